The summed E-state index contributed by atoms with van der Waals surface area (Å²) in [5.74, 6) is -0.126. The van der Waals surface area contributed by atoms with E-state index in [-0.39, 0.29) is 16.8 Å². The van der Waals surface area contributed by atoms with Crippen molar-refractivity contribution in [3.05, 3.63) is 65.7 Å². The first-order valence-corrected chi connectivity index (χ1v) is 11.6. The molecule has 0 saturated heterocycles. The van der Waals surface area contributed by atoms with Crippen LogP contribution in [0.15, 0.2) is 59.5 Å². The van der Waals surface area contributed by atoms with E-state index >= 15 is 0 Å². The van der Waals surface area contributed by atoms with Gasteiger partial charge in [0.2, 0.25) is 15.9 Å². The highest BCUT2D eigenvalue weighted by Crippen LogP contribution is 2.21. The van der Waals surface area contributed by atoms with Gasteiger partial charge in [0.05, 0.1) is 10.9 Å². The molecule has 2 aromatic rings. The summed E-state index contributed by atoms with van der Waals surface area (Å²) in [5, 5.41) is 3.07. The van der Waals surface area contributed by atoms with E-state index in [4.69, 9.17) is 5.73 Å². The smallest absolute Gasteiger partial charge is 0.240 e. The van der Waals surface area contributed by atoms with Crippen LogP contribution in [0, 0.1) is 0 Å². The van der Waals surface area contributed by atoms with Crippen molar-refractivity contribution >= 4 is 15.9 Å². The molecule has 0 saturated carbocycles. The largest absolute Gasteiger partial charge is 0.352 e. The maximum atomic E-state index is 12.4. The molecule has 0 aromatic heterocycles. The van der Waals surface area contributed by atoms with E-state index in [1.54, 1.807) is 30.3 Å². The van der Waals surface area contributed by atoms with Crippen LogP contribution in [0.1, 0.15) is 36.8 Å². The Bertz CT molecular complexity index is 916. The maximum absolute atomic E-state index is 12.4. The van der Waals surface area contributed by atoms with Crippen molar-refractivity contribution in [3.63, 3.8) is 0 Å². The standard InChI is InChI=1S/C22H29N3O3S/c23-21(12-6-7-15-24-29(27,28)20-10-2-1-3-11-20)22(26)25-19-14-13-17-8-4-5-9-18(17)16-19/h1-5,8-11,19,21,24H,6-7,12-16,23H2,(H,25,26). The first kappa shape index (κ1) is 21.5. The van der Waals surface area contributed by atoms with Crippen LogP contribution in [0.25, 0.3) is 0 Å². The maximum Gasteiger partial charge on any atom is 0.240 e. The molecule has 2 atom stereocenters. The first-order chi connectivity index (χ1) is 14.0. The van der Waals surface area contributed by atoms with Gasteiger partial charge in [0.25, 0.3) is 0 Å². The first-order valence-electron chi connectivity index (χ1n) is 10.1. The van der Waals surface area contributed by atoms with Gasteiger partial charge in [-0.05, 0) is 55.4 Å². The number of carbonyl (C=O) groups excluding carboxylic acids is 1. The average molecular weight is 416 g/mol. The average Bonchev–Trinajstić information content (AvgIpc) is 2.73. The molecule has 2 aromatic carbocycles. The molecule has 2 unspecified atom stereocenters. The van der Waals surface area contributed by atoms with Gasteiger partial charge < -0.3 is 11.1 Å². The Kier molecular flexibility index (Phi) is 7.41. The van der Waals surface area contributed by atoms with Crippen LogP contribution in [0.4, 0.5) is 0 Å². The number of rotatable bonds is 9. The second-order valence-electron chi connectivity index (χ2n) is 7.53. The number of hydrogen-bond acceptors (Lipinski definition) is 4. The molecule has 0 bridgehead atoms. The van der Waals surface area contributed by atoms with Gasteiger partial charge in [0.1, 0.15) is 0 Å². The lowest BCUT2D eigenvalue weighted by atomic mass is 9.88. The zero-order valence-corrected chi connectivity index (χ0v) is 17.3. The number of benzene rings is 2. The van der Waals surface area contributed by atoms with Crippen molar-refractivity contribution in [2.75, 3.05) is 6.54 Å². The van der Waals surface area contributed by atoms with Crippen molar-refractivity contribution in [2.24, 2.45) is 5.73 Å². The van der Waals surface area contributed by atoms with Gasteiger partial charge in [-0.2, -0.15) is 0 Å². The Morgan fingerprint density at radius 2 is 1.72 bits per heavy atom. The summed E-state index contributed by atoms with van der Waals surface area (Å²) < 4.78 is 26.9. The second kappa shape index (κ2) is 10.0. The molecule has 0 fully saturated rings. The topological polar surface area (TPSA) is 101 Å². The fourth-order valence-electron chi connectivity index (χ4n) is 3.64. The van der Waals surface area contributed by atoms with Gasteiger partial charge in [-0.15, -0.1) is 0 Å². The number of aryl methyl sites for hydroxylation is 1. The van der Waals surface area contributed by atoms with Crippen molar-refractivity contribution in [2.45, 2.75) is 55.5 Å². The van der Waals surface area contributed by atoms with E-state index in [1.165, 1.54) is 11.1 Å². The van der Waals surface area contributed by atoms with Gasteiger partial charge in [-0.25, -0.2) is 13.1 Å². The van der Waals surface area contributed by atoms with E-state index in [2.05, 4.69) is 22.2 Å². The number of carbonyl (C=O) groups is 1. The van der Waals surface area contributed by atoms with Gasteiger partial charge in [0, 0.05) is 12.6 Å². The van der Waals surface area contributed by atoms with Crippen molar-refractivity contribution in [1.82, 2.24) is 10.0 Å². The van der Waals surface area contributed by atoms with E-state index in [9.17, 15) is 13.2 Å². The number of hydrogen-bond donors (Lipinski definition) is 3. The van der Waals surface area contributed by atoms with Crippen LogP contribution in [0.2, 0.25) is 0 Å². The Morgan fingerprint density at radius 3 is 2.48 bits per heavy atom. The van der Waals surface area contributed by atoms with Crippen molar-refractivity contribution in [3.8, 4) is 0 Å². The molecular weight excluding hydrogens is 386 g/mol. The minimum Gasteiger partial charge on any atom is -0.352 e. The zero-order chi connectivity index (χ0) is 20.7. The summed E-state index contributed by atoms with van der Waals surface area (Å²) in [7, 11) is -3.48. The lowest BCUT2D eigenvalue weighted by molar-refractivity contribution is -0.123. The molecular formula is C22H29N3O3S. The summed E-state index contributed by atoms with van der Waals surface area (Å²) in [6.45, 7) is 0.324. The summed E-state index contributed by atoms with van der Waals surface area (Å²) in [6, 6.07) is 16.2. The highest BCUT2D eigenvalue weighted by Gasteiger charge is 2.22. The Balaban J connectivity index is 1.35. The number of nitrogens with two attached hydrogens (primary N) is 1. The Hall–Kier alpha value is -2.22. The number of unbranched alkanes of at least 4 members (excludes halogenated alkanes) is 1. The highest BCUT2D eigenvalue weighted by atomic mass is 32.2. The normalized spacial score (nSPS) is 17.3. The fourth-order valence-corrected chi connectivity index (χ4v) is 4.73. The monoisotopic (exact) mass is 415 g/mol. The lowest BCUT2D eigenvalue weighted by Crippen LogP contribution is -2.47. The third-order valence-corrected chi connectivity index (χ3v) is 6.79. The molecule has 1 aliphatic rings. The highest BCUT2D eigenvalue weighted by molar-refractivity contribution is 7.89. The second-order valence-corrected chi connectivity index (χ2v) is 9.30. The minimum atomic E-state index is -3.48. The zero-order valence-electron chi connectivity index (χ0n) is 16.5. The molecule has 4 N–H and O–H groups in total. The van der Waals surface area contributed by atoms with E-state index in [0.717, 1.165) is 19.3 Å². The number of fused-ring (bicyclic) bond motifs is 1. The molecule has 0 aliphatic heterocycles. The molecule has 0 radical (unpaired) electrons. The third kappa shape index (κ3) is 6.13. The molecule has 6 nitrogen and oxygen atoms in total. The van der Waals surface area contributed by atoms with Crippen LogP contribution in [-0.4, -0.2) is 33.0 Å². The minimum absolute atomic E-state index is 0.126. The predicted molar refractivity (Wildman–Crippen MR) is 114 cm³/mol. The van der Waals surface area contributed by atoms with E-state index in [0.29, 0.717) is 25.8 Å². The number of nitrogens with one attached hydrogen (secondary N) is 2. The predicted octanol–water partition coefficient (Wildman–Crippen LogP) is 2.14. The molecule has 7 heteroatoms. The van der Waals surface area contributed by atoms with Crippen LogP contribution >= 0.6 is 0 Å². The van der Waals surface area contributed by atoms with E-state index < -0.39 is 16.1 Å². The summed E-state index contributed by atoms with van der Waals surface area (Å²) in [5.41, 5.74) is 8.69. The third-order valence-electron chi connectivity index (χ3n) is 5.32. The Labute approximate surface area is 172 Å². The molecule has 0 heterocycles. The van der Waals surface area contributed by atoms with Crippen LogP contribution in [0.3, 0.4) is 0 Å². The number of amides is 1. The molecule has 29 heavy (non-hydrogen) atoms. The summed E-state index contributed by atoms with van der Waals surface area (Å²) in [6.07, 6.45) is 4.58. The van der Waals surface area contributed by atoms with Crippen molar-refractivity contribution in [1.29, 1.82) is 0 Å². The lowest BCUT2D eigenvalue weighted by Gasteiger charge is -2.26. The summed E-state index contributed by atoms with van der Waals surface area (Å²) >= 11 is 0. The van der Waals surface area contributed by atoms with Gasteiger partial charge >= 0.3 is 0 Å². The Morgan fingerprint density at radius 1 is 1.03 bits per heavy atom. The van der Waals surface area contributed by atoms with Gasteiger partial charge in [0.15, 0.2) is 0 Å². The number of sulfonamides is 1. The molecule has 3 rings (SSSR count). The van der Waals surface area contributed by atoms with Gasteiger partial charge in [-0.3, -0.25) is 4.79 Å². The van der Waals surface area contributed by atoms with E-state index in [1.807, 2.05) is 12.1 Å². The van der Waals surface area contributed by atoms with Gasteiger partial charge in [-0.1, -0.05) is 48.9 Å². The van der Waals surface area contributed by atoms with Crippen LogP contribution in [0.5, 0.6) is 0 Å². The fraction of sp³-hybridized carbons (Fsp3) is 0.409. The quantitative estimate of drug-likeness (QED) is 0.546. The molecule has 1 aliphatic carbocycles. The molecule has 156 valence electrons. The van der Waals surface area contributed by atoms with Crippen molar-refractivity contribution < 1.29 is 13.2 Å². The van der Waals surface area contributed by atoms with Crippen LogP contribution < -0.4 is 15.8 Å². The molecule has 1 amide bonds. The SMILES string of the molecule is NC(CCCCNS(=O)(=O)c1ccccc1)C(=O)NC1CCc2ccccc2C1. The molecule has 0 spiro atoms. The summed E-state index contributed by atoms with van der Waals surface area (Å²) in [4.78, 5) is 12.6. The van der Waals surface area contributed by atoms with Crippen LogP contribution in [-0.2, 0) is 27.7 Å².